The van der Waals surface area contributed by atoms with E-state index < -0.39 is 0 Å². The molecular weight excluding hydrogens is 415 g/mol. The van der Waals surface area contributed by atoms with Crippen LogP contribution in [-0.2, 0) is 21.1 Å². The number of nitrogens with one attached hydrogen (secondary N) is 1. The molecule has 1 aliphatic rings. The van der Waals surface area contributed by atoms with Crippen molar-refractivity contribution in [1.82, 2.24) is 0 Å². The number of hydrogen-bond acceptors (Lipinski definition) is 0. The minimum absolute atomic E-state index is 0. The molecule has 0 saturated heterocycles. The molecule has 3 N–H and O–H groups in total. The Kier molecular flexibility index (Phi) is 52.2. The Labute approximate surface area is 139 Å². The molecule has 128 valence electrons. The van der Waals surface area contributed by atoms with Crippen LogP contribution in [0.15, 0.2) is 0 Å². The van der Waals surface area contributed by atoms with Crippen molar-refractivity contribution in [2.75, 3.05) is 0 Å². The van der Waals surface area contributed by atoms with Gasteiger partial charge in [-0.05, 0) is 0 Å². The quantitative estimate of drug-likeness (QED) is 0.348. The van der Waals surface area contributed by atoms with Gasteiger partial charge < -0.3 is 38.6 Å². The van der Waals surface area contributed by atoms with E-state index in [1.165, 1.54) is 31.1 Å². The molecule has 1 rings (SSSR count). The van der Waals surface area contributed by atoms with Crippen molar-refractivity contribution < 1.29 is 21.1 Å². The maximum atomic E-state index is 7.27. The largest absolute Gasteiger partial charge is 0.693 e. The van der Waals surface area contributed by atoms with Crippen molar-refractivity contribution in [1.29, 1.82) is 0 Å². The predicted molar refractivity (Wildman–Crippen MR) is 89.8 cm³/mol. The average molecular weight is 454 g/mol. The first-order valence-electron chi connectivity index (χ1n) is 6.11. The third-order valence-electron chi connectivity index (χ3n) is 1.61. The second-order valence-corrected chi connectivity index (χ2v) is 5.33. The molecule has 0 bridgehead atoms. The van der Waals surface area contributed by atoms with Gasteiger partial charge in [-0.2, -0.15) is 41.5 Å². The van der Waals surface area contributed by atoms with Crippen molar-refractivity contribution in [3.63, 3.8) is 0 Å². The first kappa shape index (κ1) is 36.7. The zero-order chi connectivity index (χ0) is 12.3. The van der Waals surface area contributed by atoms with Gasteiger partial charge in [0, 0.05) is 21.1 Å². The summed E-state index contributed by atoms with van der Waals surface area (Å²) in [6, 6.07) is 0.286. The van der Waals surface area contributed by atoms with E-state index in [9.17, 15) is 0 Å². The molecule has 0 heterocycles. The van der Waals surface area contributed by atoms with Gasteiger partial charge in [-0.15, -0.1) is 6.04 Å². The maximum Gasteiger partial charge on any atom is 0 e. The fourth-order valence-electron chi connectivity index (χ4n) is 1.10. The summed E-state index contributed by atoms with van der Waals surface area (Å²) >= 11 is 0. The zero-order valence-electron chi connectivity index (χ0n) is 14.5. The molecule has 2 nitrogen and oxygen atoms in total. The summed E-state index contributed by atoms with van der Waals surface area (Å²) in [6.45, 7) is 12.5. The summed E-state index contributed by atoms with van der Waals surface area (Å²) < 4.78 is 0. The number of rotatable bonds is 0. The molecule has 0 radical (unpaired) electrons. The van der Waals surface area contributed by atoms with Crippen LogP contribution in [0.25, 0.3) is 11.9 Å². The molecule has 0 aromatic heterocycles. The van der Waals surface area contributed by atoms with Crippen LogP contribution in [0.4, 0.5) is 0 Å². The Hall–Kier alpha value is 0.608. The monoisotopic (exact) mass is 453 g/mol. The summed E-state index contributed by atoms with van der Waals surface area (Å²) in [5.41, 5.74) is 7.27. The Morgan fingerprint density at radius 2 is 0.947 bits per heavy atom. The van der Waals surface area contributed by atoms with Crippen LogP contribution >= 0.6 is 0 Å². The summed E-state index contributed by atoms with van der Waals surface area (Å²) in [5, 5.41) is 0. The van der Waals surface area contributed by atoms with E-state index in [0.717, 1.165) is 12.8 Å². The van der Waals surface area contributed by atoms with Gasteiger partial charge in [0.2, 0.25) is 0 Å². The molecule has 0 amide bonds. The Morgan fingerprint density at radius 1 is 0.737 bits per heavy atom. The van der Waals surface area contributed by atoms with Gasteiger partial charge in [0.15, 0.2) is 0 Å². The first-order valence-corrected chi connectivity index (χ1v) is 6.11. The van der Waals surface area contributed by atoms with E-state index in [4.69, 9.17) is 5.73 Å². The minimum atomic E-state index is 0. The second-order valence-electron chi connectivity index (χ2n) is 5.33. The molecule has 0 aliphatic heterocycles. The van der Waals surface area contributed by atoms with E-state index >= 15 is 0 Å². The number of hydrogen-bond donors (Lipinski definition) is 0. The van der Waals surface area contributed by atoms with Gasteiger partial charge in [0.1, 0.15) is 0 Å². The summed E-state index contributed by atoms with van der Waals surface area (Å²) in [4.78, 5) is 0. The van der Waals surface area contributed by atoms with Crippen LogP contribution in [-0.4, -0.2) is 6.04 Å². The Morgan fingerprint density at radius 3 is 1.05 bits per heavy atom. The van der Waals surface area contributed by atoms with Gasteiger partial charge in [0.05, 0.1) is 0 Å². The van der Waals surface area contributed by atoms with Crippen molar-refractivity contribution in [3.8, 4) is 0 Å². The van der Waals surface area contributed by atoms with Crippen LogP contribution in [0.2, 0.25) is 0 Å². The smallest absolute Gasteiger partial charge is 0 e. The SMILES string of the molecule is C[C-](C)C.C[C-](C)C.[CH3-].[CH3-].[NH-]C1CCCCC1.[NH2-].[Pt]. The first-order chi connectivity index (χ1) is 6.86. The number of nitrogens with two attached hydrogens (primary N) is 1. The van der Waals surface area contributed by atoms with E-state index in [1.807, 2.05) is 0 Å². The minimum Gasteiger partial charge on any atom is -0.693 e. The third kappa shape index (κ3) is 69.3. The topological polar surface area (TPSA) is 57.3 Å². The van der Waals surface area contributed by atoms with Crippen molar-refractivity contribution in [3.05, 3.63) is 38.6 Å². The molecule has 1 aliphatic carbocycles. The molecule has 0 atom stereocenters. The summed E-state index contributed by atoms with van der Waals surface area (Å²) in [7, 11) is 0. The van der Waals surface area contributed by atoms with Crippen LogP contribution in [0.1, 0.15) is 73.6 Å². The molecule has 3 heteroatoms. The second kappa shape index (κ2) is 27.0. The van der Waals surface area contributed by atoms with Crippen LogP contribution in [0.3, 0.4) is 0 Å². The van der Waals surface area contributed by atoms with Crippen molar-refractivity contribution >= 4 is 0 Å². The molecule has 1 fully saturated rings. The predicted octanol–water partition coefficient (Wildman–Crippen LogP) is 7.23. The fourth-order valence-corrected chi connectivity index (χ4v) is 1.10. The van der Waals surface area contributed by atoms with Gasteiger partial charge in [-0.1, -0.05) is 32.1 Å². The van der Waals surface area contributed by atoms with Gasteiger partial charge >= 0.3 is 0 Å². The van der Waals surface area contributed by atoms with E-state index in [0.29, 0.717) is 0 Å². The average Bonchev–Trinajstić information content (AvgIpc) is 2.03. The Bertz CT molecular complexity index is 99.8. The van der Waals surface area contributed by atoms with Gasteiger partial charge in [-0.25, -0.2) is 0 Å². The molecule has 0 spiro atoms. The van der Waals surface area contributed by atoms with Crippen molar-refractivity contribution in [2.45, 2.75) is 79.7 Å². The van der Waals surface area contributed by atoms with Gasteiger partial charge in [0.25, 0.3) is 0 Å². The maximum absolute atomic E-state index is 7.27. The molecule has 0 unspecified atom stereocenters. The van der Waals surface area contributed by atoms with Crippen LogP contribution in [0, 0.1) is 26.7 Å². The molecule has 0 aromatic rings. The van der Waals surface area contributed by atoms with Gasteiger partial charge in [-0.3, -0.25) is 0 Å². The van der Waals surface area contributed by atoms with Crippen LogP contribution in [0.5, 0.6) is 0 Å². The third-order valence-corrected chi connectivity index (χ3v) is 1.61. The van der Waals surface area contributed by atoms with E-state index in [-0.39, 0.29) is 48.1 Å². The van der Waals surface area contributed by atoms with E-state index in [1.54, 1.807) is 0 Å². The fraction of sp³-hybridized carbons (Fsp3) is 0.750. The molecular formula is C16H38N2Pt-6. The Balaban J connectivity index is -0.0000000320. The standard InChI is InChI=1S/C6H12N.2C4H9.2CH3.H2N.Pt/c7-6-4-2-1-3-5-6;2*1-4(2)3;;;;/h6-7H,1-5H2;2*1-3H3;2*1H3;1H2;/q6*-1;. The van der Waals surface area contributed by atoms with Crippen LogP contribution < -0.4 is 0 Å². The van der Waals surface area contributed by atoms with Crippen molar-refractivity contribution in [2.24, 2.45) is 0 Å². The molecule has 19 heavy (non-hydrogen) atoms. The summed E-state index contributed by atoms with van der Waals surface area (Å²) in [5.74, 6) is 2.83. The molecule has 0 aromatic carbocycles. The molecule has 1 saturated carbocycles. The normalized spacial score (nSPS) is 13.1. The zero-order valence-corrected chi connectivity index (χ0v) is 16.8. The van der Waals surface area contributed by atoms with E-state index in [2.05, 4.69) is 41.5 Å². The summed E-state index contributed by atoms with van der Waals surface area (Å²) in [6.07, 6.45) is 6.28.